The summed E-state index contributed by atoms with van der Waals surface area (Å²) in [6.07, 6.45) is 0.582. The molecule has 0 amide bonds. The van der Waals surface area contributed by atoms with E-state index in [4.69, 9.17) is 10.5 Å². The molecule has 1 aromatic heterocycles. The first kappa shape index (κ1) is 24.1. The van der Waals surface area contributed by atoms with Crippen LogP contribution < -0.4 is 16.2 Å². The molecule has 0 fully saturated rings. The predicted octanol–water partition coefficient (Wildman–Crippen LogP) is 3.70. The van der Waals surface area contributed by atoms with Crippen LogP contribution in [0.1, 0.15) is 15.9 Å². The van der Waals surface area contributed by atoms with E-state index in [1.165, 1.54) is 29.9 Å². The number of para-hydroxylation sites is 1. The van der Waals surface area contributed by atoms with Crippen molar-refractivity contribution in [1.82, 2.24) is 9.78 Å². The van der Waals surface area contributed by atoms with Gasteiger partial charge in [-0.05, 0) is 49.5 Å². The molecular formula is C24H23N5O5. The molecule has 4 rings (SSSR count). The average molecular weight is 461 g/mol. The third-order valence-corrected chi connectivity index (χ3v) is 4.86. The Labute approximate surface area is 195 Å². The maximum atomic E-state index is 11.8. The quantitative estimate of drug-likeness (QED) is 0.213. The number of aliphatic hydroxyl groups excluding tert-OH is 1. The molecule has 0 bridgehead atoms. The van der Waals surface area contributed by atoms with Gasteiger partial charge in [0.2, 0.25) is 0 Å². The van der Waals surface area contributed by atoms with Gasteiger partial charge in [-0.25, -0.2) is 4.68 Å². The summed E-state index contributed by atoms with van der Waals surface area (Å²) in [6, 6.07) is 20.2. The number of nitrogen functional groups attached to an aromatic ring is 1. The number of carbonyl (C=O) groups excluding carboxylic acids is 1. The molecule has 4 aromatic rings. The molecule has 10 nitrogen and oxygen atoms in total. The molecule has 3 aromatic carbocycles. The van der Waals surface area contributed by atoms with E-state index in [1.54, 1.807) is 24.3 Å². The zero-order chi connectivity index (χ0) is 24.7. The van der Waals surface area contributed by atoms with Crippen molar-refractivity contribution < 1.29 is 19.6 Å². The molecule has 0 aliphatic carbocycles. The maximum Gasteiger partial charge on any atom is 0.271 e. The van der Waals surface area contributed by atoms with E-state index in [0.717, 1.165) is 0 Å². The Balaban J connectivity index is 0.00000158. The van der Waals surface area contributed by atoms with Gasteiger partial charge < -0.3 is 21.3 Å². The van der Waals surface area contributed by atoms with E-state index in [9.17, 15) is 20.0 Å². The van der Waals surface area contributed by atoms with E-state index in [0.29, 0.717) is 34.6 Å². The number of aldehydes is 1. The Morgan fingerprint density at radius 1 is 1.06 bits per heavy atom. The molecular weight excluding hydrogens is 438 g/mol. The van der Waals surface area contributed by atoms with Crippen LogP contribution in [0, 0.1) is 10.1 Å². The standard InChI is InChI=1S/C23H18N4O5.CH5N/c24-23-20(14-29)22(15-7-10-19(11-8-15)32-18-4-2-1-3-5-18)25-26(23)21-12-17(27(30)31)9-6-16(21)13-28;1-2/h1-12,14,28H,13,24H2;2H2,1H3. The van der Waals surface area contributed by atoms with E-state index in [2.05, 4.69) is 10.8 Å². The van der Waals surface area contributed by atoms with E-state index < -0.39 is 4.92 Å². The highest BCUT2D eigenvalue weighted by Gasteiger charge is 2.21. The number of ether oxygens (including phenoxy) is 1. The SMILES string of the molecule is CN.Nc1c(C=O)c(-c2ccc(Oc3ccccc3)cc2)nn1-c1cc([N+](=O)[O-])ccc1CO. The van der Waals surface area contributed by atoms with Crippen LogP contribution in [0.4, 0.5) is 11.5 Å². The van der Waals surface area contributed by atoms with Crippen LogP contribution in [0.25, 0.3) is 16.9 Å². The van der Waals surface area contributed by atoms with Gasteiger partial charge in [-0.2, -0.15) is 5.10 Å². The molecule has 0 aliphatic heterocycles. The van der Waals surface area contributed by atoms with Gasteiger partial charge >= 0.3 is 0 Å². The summed E-state index contributed by atoms with van der Waals surface area (Å²) in [6.45, 7) is -0.385. The van der Waals surface area contributed by atoms with Crippen LogP contribution in [-0.2, 0) is 6.61 Å². The smallest absolute Gasteiger partial charge is 0.271 e. The number of benzene rings is 3. The minimum absolute atomic E-state index is 0.00908. The number of hydrogen-bond donors (Lipinski definition) is 3. The molecule has 10 heteroatoms. The molecule has 0 radical (unpaired) electrons. The van der Waals surface area contributed by atoms with Crippen LogP contribution in [0.3, 0.4) is 0 Å². The van der Waals surface area contributed by atoms with Crippen LogP contribution in [0.2, 0.25) is 0 Å². The first-order valence-electron chi connectivity index (χ1n) is 10.1. The van der Waals surface area contributed by atoms with E-state index in [1.807, 2.05) is 30.3 Å². The summed E-state index contributed by atoms with van der Waals surface area (Å²) >= 11 is 0. The Bertz CT molecular complexity index is 1290. The summed E-state index contributed by atoms with van der Waals surface area (Å²) in [5.41, 5.74) is 12.1. The highest BCUT2D eigenvalue weighted by Crippen LogP contribution is 2.32. The number of rotatable bonds is 7. The van der Waals surface area contributed by atoms with E-state index >= 15 is 0 Å². The van der Waals surface area contributed by atoms with Gasteiger partial charge in [-0.15, -0.1) is 0 Å². The topological polar surface area (TPSA) is 160 Å². The molecule has 0 saturated heterocycles. The number of non-ortho nitro benzene ring substituents is 1. The van der Waals surface area contributed by atoms with Crippen molar-refractivity contribution in [1.29, 1.82) is 0 Å². The molecule has 34 heavy (non-hydrogen) atoms. The Kier molecular flexibility index (Phi) is 7.70. The monoisotopic (exact) mass is 461 g/mol. The summed E-state index contributed by atoms with van der Waals surface area (Å²) in [7, 11) is 1.50. The zero-order valence-electron chi connectivity index (χ0n) is 18.3. The van der Waals surface area contributed by atoms with Crippen molar-refractivity contribution in [2.24, 2.45) is 5.73 Å². The molecule has 5 N–H and O–H groups in total. The molecule has 0 unspecified atom stereocenters. The fraction of sp³-hybridized carbons (Fsp3) is 0.0833. The fourth-order valence-corrected chi connectivity index (χ4v) is 3.26. The second kappa shape index (κ2) is 10.9. The molecule has 174 valence electrons. The number of aliphatic hydroxyl groups is 1. The number of nitrogens with two attached hydrogens (primary N) is 2. The number of nitro benzene ring substituents is 1. The first-order valence-corrected chi connectivity index (χ1v) is 10.1. The van der Waals surface area contributed by atoms with Gasteiger partial charge in [-0.1, -0.05) is 18.2 Å². The normalized spacial score (nSPS) is 10.2. The van der Waals surface area contributed by atoms with Gasteiger partial charge in [0.15, 0.2) is 6.29 Å². The van der Waals surface area contributed by atoms with Gasteiger partial charge in [0, 0.05) is 23.3 Å². The summed E-state index contributed by atoms with van der Waals surface area (Å²) in [4.78, 5) is 22.4. The van der Waals surface area contributed by atoms with Gasteiger partial charge in [0.1, 0.15) is 23.0 Å². The third-order valence-electron chi connectivity index (χ3n) is 4.86. The highest BCUT2D eigenvalue weighted by molar-refractivity contribution is 5.92. The molecule has 0 atom stereocenters. The second-order valence-electron chi connectivity index (χ2n) is 6.84. The van der Waals surface area contributed by atoms with Gasteiger partial charge in [0.25, 0.3) is 5.69 Å². The second-order valence-corrected chi connectivity index (χ2v) is 6.84. The van der Waals surface area contributed by atoms with Gasteiger partial charge in [0.05, 0.1) is 22.8 Å². The zero-order valence-corrected chi connectivity index (χ0v) is 18.3. The number of carbonyl (C=O) groups is 1. The molecule has 1 heterocycles. The molecule has 0 spiro atoms. The van der Waals surface area contributed by atoms with Gasteiger partial charge in [-0.3, -0.25) is 14.9 Å². The summed E-state index contributed by atoms with van der Waals surface area (Å²) < 4.78 is 7.01. The Morgan fingerprint density at radius 2 is 1.71 bits per heavy atom. The predicted molar refractivity (Wildman–Crippen MR) is 128 cm³/mol. The lowest BCUT2D eigenvalue weighted by molar-refractivity contribution is -0.384. The van der Waals surface area contributed by atoms with E-state index in [-0.39, 0.29) is 29.4 Å². The molecule has 0 aliphatic rings. The van der Waals surface area contributed by atoms with Crippen molar-refractivity contribution in [3.05, 3.63) is 94.0 Å². The number of nitrogens with zero attached hydrogens (tertiary/aromatic N) is 3. The van der Waals surface area contributed by atoms with Crippen molar-refractivity contribution >= 4 is 17.8 Å². The van der Waals surface area contributed by atoms with Crippen LogP contribution in [-0.4, -0.2) is 33.1 Å². The lowest BCUT2D eigenvalue weighted by Gasteiger charge is -2.09. The highest BCUT2D eigenvalue weighted by atomic mass is 16.6. The lowest BCUT2D eigenvalue weighted by Crippen LogP contribution is -2.07. The van der Waals surface area contributed by atoms with Crippen molar-refractivity contribution in [2.75, 3.05) is 12.8 Å². The largest absolute Gasteiger partial charge is 0.457 e. The number of hydrogen-bond acceptors (Lipinski definition) is 8. The first-order chi connectivity index (χ1) is 16.5. The Hall–Kier alpha value is -4.54. The van der Waals surface area contributed by atoms with Crippen LogP contribution >= 0.6 is 0 Å². The van der Waals surface area contributed by atoms with Crippen molar-refractivity contribution in [3.63, 3.8) is 0 Å². The van der Waals surface area contributed by atoms with Crippen molar-refractivity contribution in [3.8, 4) is 28.4 Å². The Morgan fingerprint density at radius 3 is 2.29 bits per heavy atom. The number of aromatic nitrogens is 2. The van der Waals surface area contributed by atoms with Crippen molar-refractivity contribution in [2.45, 2.75) is 6.61 Å². The number of nitro groups is 1. The summed E-state index contributed by atoms with van der Waals surface area (Å²) in [5, 5.41) is 25.3. The third kappa shape index (κ3) is 4.93. The minimum atomic E-state index is -0.558. The lowest BCUT2D eigenvalue weighted by atomic mass is 10.1. The minimum Gasteiger partial charge on any atom is -0.457 e. The maximum absolute atomic E-state index is 11.8. The van der Waals surface area contributed by atoms with Crippen LogP contribution in [0.15, 0.2) is 72.8 Å². The fourth-order valence-electron chi connectivity index (χ4n) is 3.26. The van der Waals surface area contributed by atoms with Crippen LogP contribution in [0.5, 0.6) is 11.5 Å². The summed E-state index contributed by atoms with van der Waals surface area (Å²) in [5.74, 6) is 1.29. The molecule has 0 saturated carbocycles. The number of anilines is 1. The average Bonchev–Trinajstić information content (AvgIpc) is 3.21.